The molecule has 0 aliphatic carbocycles. The van der Waals surface area contributed by atoms with Crippen molar-refractivity contribution >= 4 is 17.5 Å². The molecular formula is C25H32N6O2. The molecule has 8 nitrogen and oxygen atoms in total. The fourth-order valence-electron chi connectivity index (χ4n) is 3.47. The van der Waals surface area contributed by atoms with Crippen molar-refractivity contribution in [1.82, 2.24) is 25.1 Å². The smallest absolute Gasteiger partial charge is 0.251 e. The van der Waals surface area contributed by atoms with E-state index in [0.29, 0.717) is 17.2 Å². The molecule has 0 aliphatic rings. The molecule has 0 fully saturated rings. The highest BCUT2D eigenvalue weighted by Gasteiger charge is 2.20. The monoisotopic (exact) mass is 448 g/mol. The minimum absolute atomic E-state index is 0.132. The third kappa shape index (κ3) is 5.83. The van der Waals surface area contributed by atoms with Crippen LogP contribution in [-0.4, -0.2) is 37.1 Å². The average molecular weight is 449 g/mol. The Kier molecular flexibility index (Phi) is 6.95. The fraction of sp³-hybridized carbons (Fsp3) is 0.400. The van der Waals surface area contributed by atoms with Gasteiger partial charge < -0.3 is 10.6 Å². The number of anilines is 1. The van der Waals surface area contributed by atoms with E-state index in [2.05, 4.69) is 25.7 Å². The maximum Gasteiger partial charge on any atom is 0.251 e. The summed E-state index contributed by atoms with van der Waals surface area (Å²) in [5.41, 5.74) is 5.07. The second-order valence-electron chi connectivity index (χ2n) is 9.01. The standard InChI is InChI=1S/C25H32N6O2/c1-8-25(6,7)29-23(33)19-9-11-20(12-10-19)28-22(32)14-21-17(4)30-31(18(21)5)24-26-15(2)13-16(3)27-24/h9-13H,8,14H2,1-7H3,(H,28,32)(H,29,33). The van der Waals surface area contributed by atoms with Gasteiger partial charge in [-0.3, -0.25) is 9.59 Å². The second-order valence-corrected chi connectivity index (χ2v) is 9.01. The third-order valence-electron chi connectivity index (χ3n) is 5.71. The van der Waals surface area contributed by atoms with Crippen molar-refractivity contribution < 1.29 is 9.59 Å². The second kappa shape index (κ2) is 9.52. The summed E-state index contributed by atoms with van der Waals surface area (Å²) in [6, 6.07) is 8.80. The predicted octanol–water partition coefficient (Wildman–Crippen LogP) is 4.00. The predicted molar refractivity (Wildman–Crippen MR) is 129 cm³/mol. The van der Waals surface area contributed by atoms with Crippen LogP contribution in [0.1, 0.15) is 65.9 Å². The molecule has 0 atom stereocenters. The Balaban J connectivity index is 1.70. The van der Waals surface area contributed by atoms with Gasteiger partial charge in [-0.25, -0.2) is 14.6 Å². The lowest BCUT2D eigenvalue weighted by Crippen LogP contribution is -2.42. The van der Waals surface area contributed by atoms with Crippen molar-refractivity contribution in [1.29, 1.82) is 0 Å². The molecule has 0 bridgehead atoms. The highest BCUT2D eigenvalue weighted by molar-refractivity contribution is 5.96. The normalized spacial score (nSPS) is 11.4. The number of nitrogens with zero attached hydrogens (tertiary/aromatic N) is 4. The Labute approximate surface area is 194 Å². The molecule has 3 aromatic rings. The molecular weight excluding hydrogens is 416 g/mol. The van der Waals surface area contributed by atoms with Crippen molar-refractivity contribution in [2.45, 2.75) is 66.8 Å². The molecule has 0 saturated carbocycles. The van der Waals surface area contributed by atoms with Gasteiger partial charge in [0, 0.05) is 39.4 Å². The van der Waals surface area contributed by atoms with Gasteiger partial charge in [0.25, 0.3) is 11.9 Å². The molecule has 0 saturated heterocycles. The van der Waals surface area contributed by atoms with E-state index in [1.165, 1.54) is 0 Å². The molecule has 1 aromatic carbocycles. The van der Waals surface area contributed by atoms with Gasteiger partial charge in [-0.05, 0) is 78.3 Å². The quantitative estimate of drug-likeness (QED) is 0.569. The van der Waals surface area contributed by atoms with Crippen LogP contribution in [0.5, 0.6) is 0 Å². The zero-order valence-corrected chi connectivity index (χ0v) is 20.4. The van der Waals surface area contributed by atoms with Crippen molar-refractivity contribution in [3.8, 4) is 5.95 Å². The van der Waals surface area contributed by atoms with Crippen LogP contribution in [0.25, 0.3) is 5.95 Å². The number of aryl methyl sites for hydroxylation is 3. The number of benzene rings is 1. The van der Waals surface area contributed by atoms with Crippen LogP contribution in [-0.2, 0) is 11.2 Å². The Hall–Kier alpha value is -3.55. The van der Waals surface area contributed by atoms with E-state index in [-0.39, 0.29) is 23.8 Å². The fourth-order valence-corrected chi connectivity index (χ4v) is 3.47. The van der Waals surface area contributed by atoms with E-state index in [4.69, 9.17) is 0 Å². The number of aromatic nitrogens is 4. The summed E-state index contributed by atoms with van der Waals surface area (Å²) < 4.78 is 1.68. The van der Waals surface area contributed by atoms with Gasteiger partial charge in [0.1, 0.15) is 0 Å². The van der Waals surface area contributed by atoms with Crippen LogP contribution in [0.3, 0.4) is 0 Å². The molecule has 33 heavy (non-hydrogen) atoms. The average Bonchev–Trinajstić information content (AvgIpc) is 3.01. The molecule has 0 radical (unpaired) electrons. The summed E-state index contributed by atoms with van der Waals surface area (Å²) in [7, 11) is 0. The van der Waals surface area contributed by atoms with Crippen molar-refractivity contribution in [2.24, 2.45) is 0 Å². The van der Waals surface area contributed by atoms with Crippen LogP contribution in [0.4, 0.5) is 5.69 Å². The number of carbonyl (C=O) groups excluding carboxylic acids is 2. The SMILES string of the molecule is CCC(C)(C)NC(=O)c1ccc(NC(=O)Cc2c(C)nn(-c3nc(C)cc(C)n3)c2C)cc1. The summed E-state index contributed by atoms with van der Waals surface area (Å²) in [6.45, 7) is 13.6. The Morgan fingerprint density at radius 3 is 2.18 bits per heavy atom. The Morgan fingerprint density at radius 2 is 1.61 bits per heavy atom. The maximum atomic E-state index is 12.7. The zero-order chi connectivity index (χ0) is 24.3. The lowest BCUT2D eigenvalue weighted by atomic mass is 10.0. The summed E-state index contributed by atoms with van der Waals surface area (Å²) in [5.74, 6) is 0.207. The Morgan fingerprint density at radius 1 is 1.00 bits per heavy atom. The number of amides is 2. The van der Waals surface area contributed by atoms with Gasteiger partial charge in [-0.1, -0.05) is 6.92 Å². The number of rotatable bonds is 7. The first-order valence-electron chi connectivity index (χ1n) is 11.1. The summed E-state index contributed by atoms with van der Waals surface area (Å²) in [6.07, 6.45) is 1.01. The van der Waals surface area contributed by atoms with Crippen LogP contribution in [0.2, 0.25) is 0 Å². The first-order chi connectivity index (χ1) is 15.5. The summed E-state index contributed by atoms with van der Waals surface area (Å²) in [5, 5.41) is 10.5. The molecule has 2 N–H and O–H groups in total. The molecule has 2 amide bonds. The van der Waals surface area contributed by atoms with E-state index in [1.807, 2.05) is 54.5 Å². The molecule has 0 unspecified atom stereocenters. The van der Waals surface area contributed by atoms with Gasteiger partial charge >= 0.3 is 0 Å². The highest BCUT2D eigenvalue weighted by Crippen LogP contribution is 2.19. The zero-order valence-electron chi connectivity index (χ0n) is 20.4. The van der Waals surface area contributed by atoms with Gasteiger partial charge in [0.05, 0.1) is 12.1 Å². The van der Waals surface area contributed by atoms with Crippen LogP contribution in [0, 0.1) is 27.7 Å². The van der Waals surface area contributed by atoms with Gasteiger partial charge in [0.2, 0.25) is 5.91 Å². The van der Waals surface area contributed by atoms with E-state index >= 15 is 0 Å². The maximum absolute atomic E-state index is 12.7. The number of carbonyl (C=O) groups is 2. The van der Waals surface area contributed by atoms with Crippen molar-refractivity contribution in [2.75, 3.05) is 5.32 Å². The topological polar surface area (TPSA) is 102 Å². The molecule has 2 heterocycles. The lowest BCUT2D eigenvalue weighted by molar-refractivity contribution is -0.115. The Bertz CT molecular complexity index is 1160. The summed E-state index contributed by atoms with van der Waals surface area (Å²) >= 11 is 0. The van der Waals surface area contributed by atoms with Crippen molar-refractivity contribution in [3.05, 3.63) is 64.2 Å². The molecule has 3 rings (SSSR count). The van der Waals surface area contributed by atoms with E-state index in [9.17, 15) is 9.59 Å². The lowest BCUT2D eigenvalue weighted by Gasteiger charge is -2.24. The largest absolute Gasteiger partial charge is 0.347 e. The minimum Gasteiger partial charge on any atom is -0.347 e. The van der Waals surface area contributed by atoms with Gasteiger partial charge in [0.15, 0.2) is 0 Å². The first-order valence-corrected chi connectivity index (χ1v) is 11.1. The first kappa shape index (κ1) is 24.1. The van der Waals surface area contributed by atoms with Crippen molar-refractivity contribution in [3.63, 3.8) is 0 Å². The third-order valence-corrected chi connectivity index (χ3v) is 5.71. The van der Waals surface area contributed by atoms with Crippen LogP contribution < -0.4 is 10.6 Å². The molecule has 8 heteroatoms. The van der Waals surface area contributed by atoms with Gasteiger partial charge in [-0.15, -0.1) is 0 Å². The number of hydrogen-bond acceptors (Lipinski definition) is 5. The highest BCUT2D eigenvalue weighted by atomic mass is 16.2. The molecule has 0 aliphatic heterocycles. The van der Waals surface area contributed by atoms with E-state index in [0.717, 1.165) is 34.8 Å². The summed E-state index contributed by atoms with van der Waals surface area (Å²) in [4.78, 5) is 34.1. The van der Waals surface area contributed by atoms with E-state index < -0.39 is 0 Å². The number of nitrogens with one attached hydrogen (secondary N) is 2. The van der Waals surface area contributed by atoms with E-state index in [1.54, 1.807) is 28.9 Å². The van der Waals surface area contributed by atoms with Gasteiger partial charge in [-0.2, -0.15) is 5.10 Å². The number of hydrogen-bond donors (Lipinski definition) is 2. The molecule has 0 spiro atoms. The van der Waals surface area contributed by atoms with Crippen LogP contribution in [0.15, 0.2) is 30.3 Å². The van der Waals surface area contributed by atoms with Crippen LogP contribution >= 0.6 is 0 Å². The molecule has 174 valence electrons. The minimum atomic E-state index is -0.272. The molecule has 2 aromatic heterocycles.